The molecule has 0 aliphatic carbocycles. The van der Waals surface area contributed by atoms with Crippen LogP contribution in [0, 0.1) is 5.92 Å². The predicted octanol–water partition coefficient (Wildman–Crippen LogP) is 1.46. The SMILES string of the molecule is CC1N=c2c(nc(-c3ccccc3Cl)n2CC2CCOC2)=C(N2CCN(CCF)CC2)N1. The van der Waals surface area contributed by atoms with Crippen LogP contribution in [0.15, 0.2) is 29.3 Å². The normalized spacial score (nSPS) is 23.7. The molecule has 1 aromatic heterocycles. The first kappa shape index (κ1) is 21.7. The van der Waals surface area contributed by atoms with Gasteiger partial charge in [0.15, 0.2) is 5.49 Å². The van der Waals surface area contributed by atoms with Crippen LogP contribution in [-0.2, 0) is 11.3 Å². The van der Waals surface area contributed by atoms with Crippen LogP contribution in [0.4, 0.5) is 4.39 Å². The minimum atomic E-state index is -0.300. The van der Waals surface area contributed by atoms with E-state index in [1.807, 2.05) is 24.3 Å². The molecule has 1 aromatic carbocycles. The number of piperazine rings is 1. The Morgan fingerprint density at radius 3 is 2.75 bits per heavy atom. The van der Waals surface area contributed by atoms with Crippen molar-refractivity contribution in [2.24, 2.45) is 10.9 Å². The molecule has 2 fully saturated rings. The summed E-state index contributed by atoms with van der Waals surface area (Å²) in [4.78, 5) is 14.5. The predicted molar refractivity (Wildman–Crippen MR) is 122 cm³/mol. The summed E-state index contributed by atoms with van der Waals surface area (Å²) < 4.78 is 20.6. The zero-order valence-corrected chi connectivity index (χ0v) is 19.2. The fraction of sp³-hybridized carbons (Fsp3) is 0.565. The Morgan fingerprint density at radius 2 is 2.03 bits per heavy atom. The highest BCUT2D eigenvalue weighted by atomic mass is 35.5. The standard InChI is InChI=1S/C23H30ClFN6O/c1-16-26-22(30-11-9-29(8-7-25)10-12-30)20-23(27-16)31(14-17-6-13-32-15-17)21(28-20)18-4-2-3-5-19(18)24/h2-5,16-17,26H,6-15H2,1H3. The van der Waals surface area contributed by atoms with E-state index in [9.17, 15) is 4.39 Å². The van der Waals surface area contributed by atoms with Crippen LogP contribution in [0.3, 0.4) is 0 Å². The first-order valence-corrected chi connectivity index (χ1v) is 11.8. The molecule has 2 saturated heterocycles. The van der Waals surface area contributed by atoms with Crippen molar-refractivity contribution in [3.8, 4) is 11.4 Å². The van der Waals surface area contributed by atoms with Gasteiger partial charge in [-0.25, -0.2) is 14.4 Å². The summed E-state index contributed by atoms with van der Waals surface area (Å²) in [6.45, 7) is 7.98. The third-order valence-corrected chi connectivity index (χ3v) is 6.83. The van der Waals surface area contributed by atoms with E-state index >= 15 is 0 Å². The summed E-state index contributed by atoms with van der Waals surface area (Å²) in [6, 6.07) is 7.85. The van der Waals surface area contributed by atoms with Crippen LogP contribution >= 0.6 is 11.6 Å². The number of fused-ring (bicyclic) bond motifs is 1. The third-order valence-electron chi connectivity index (χ3n) is 6.50. The molecule has 32 heavy (non-hydrogen) atoms. The number of hydrogen-bond donors (Lipinski definition) is 1. The van der Waals surface area contributed by atoms with Crippen LogP contribution < -0.4 is 16.2 Å². The average Bonchev–Trinajstić information content (AvgIpc) is 3.43. The highest BCUT2D eigenvalue weighted by Crippen LogP contribution is 2.26. The van der Waals surface area contributed by atoms with Gasteiger partial charge in [-0.1, -0.05) is 23.7 Å². The van der Waals surface area contributed by atoms with Gasteiger partial charge in [0.05, 0.1) is 11.6 Å². The van der Waals surface area contributed by atoms with Crippen molar-refractivity contribution in [2.75, 3.05) is 52.6 Å². The molecule has 2 atom stereocenters. The molecular weight excluding hydrogens is 431 g/mol. The second-order valence-electron chi connectivity index (χ2n) is 8.74. The highest BCUT2D eigenvalue weighted by molar-refractivity contribution is 6.33. The molecule has 0 amide bonds. The van der Waals surface area contributed by atoms with Gasteiger partial charge >= 0.3 is 0 Å². The number of ether oxygens (including phenoxy) is 1. The summed E-state index contributed by atoms with van der Waals surface area (Å²) in [6.07, 6.45) is 0.978. The van der Waals surface area contributed by atoms with Crippen molar-refractivity contribution in [1.82, 2.24) is 24.7 Å². The van der Waals surface area contributed by atoms with E-state index < -0.39 is 0 Å². The number of benzene rings is 1. The van der Waals surface area contributed by atoms with Crippen LogP contribution in [0.25, 0.3) is 17.2 Å². The second kappa shape index (κ2) is 9.37. The Labute approximate surface area is 192 Å². The van der Waals surface area contributed by atoms with Gasteiger partial charge in [-0.05, 0) is 25.5 Å². The Bertz CT molecular complexity index is 1070. The van der Waals surface area contributed by atoms with Gasteiger partial charge in [0.25, 0.3) is 0 Å². The molecule has 172 valence electrons. The molecule has 9 heteroatoms. The molecule has 2 unspecified atom stereocenters. The number of nitrogens with one attached hydrogen (secondary N) is 1. The lowest BCUT2D eigenvalue weighted by Crippen LogP contribution is -2.54. The highest BCUT2D eigenvalue weighted by Gasteiger charge is 2.27. The monoisotopic (exact) mass is 460 g/mol. The van der Waals surface area contributed by atoms with E-state index in [-0.39, 0.29) is 12.8 Å². The number of rotatable bonds is 6. The van der Waals surface area contributed by atoms with Gasteiger partial charge in [-0.2, -0.15) is 0 Å². The number of imidazole rings is 1. The van der Waals surface area contributed by atoms with Gasteiger partial charge in [-0.3, -0.25) is 4.90 Å². The van der Waals surface area contributed by atoms with Crippen molar-refractivity contribution < 1.29 is 9.13 Å². The summed E-state index contributed by atoms with van der Waals surface area (Å²) >= 11 is 6.59. The molecular formula is C23H30ClFN6O. The van der Waals surface area contributed by atoms with E-state index in [4.69, 9.17) is 26.3 Å². The molecule has 0 radical (unpaired) electrons. The lowest BCUT2D eigenvalue weighted by Gasteiger charge is -2.37. The molecule has 0 bridgehead atoms. The summed E-state index contributed by atoms with van der Waals surface area (Å²) in [5.74, 6) is 2.29. The number of aromatic nitrogens is 2. The van der Waals surface area contributed by atoms with Gasteiger partial charge in [-0.15, -0.1) is 0 Å². The van der Waals surface area contributed by atoms with Crippen LogP contribution in [0.1, 0.15) is 13.3 Å². The number of alkyl halides is 1. The lowest BCUT2D eigenvalue weighted by atomic mass is 10.1. The van der Waals surface area contributed by atoms with Crippen molar-refractivity contribution in [3.05, 3.63) is 40.1 Å². The topological polar surface area (TPSA) is 57.9 Å². The van der Waals surface area contributed by atoms with Gasteiger partial charge < -0.3 is 19.5 Å². The van der Waals surface area contributed by atoms with E-state index in [1.165, 1.54) is 0 Å². The molecule has 1 N–H and O–H groups in total. The number of halogens is 2. The minimum Gasteiger partial charge on any atom is -0.381 e. The molecule has 4 heterocycles. The average molecular weight is 461 g/mol. The van der Waals surface area contributed by atoms with Crippen molar-refractivity contribution in [2.45, 2.75) is 26.1 Å². The van der Waals surface area contributed by atoms with E-state index in [0.29, 0.717) is 17.5 Å². The maximum absolute atomic E-state index is 12.8. The van der Waals surface area contributed by atoms with Crippen molar-refractivity contribution in [1.29, 1.82) is 0 Å². The second-order valence-corrected chi connectivity index (χ2v) is 9.15. The number of hydrogen-bond acceptors (Lipinski definition) is 6. The zero-order chi connectivity index (χ0) is 22.1. The van der Waals surface area contributed by atoms with Crippen molar-refractivity contribution >= 4 is 17.4 Å². The summed E-state index contributed by atoms with van der Waals surface area (Å²) in [7, 11) is 0. The fourth-order valence-electron chi connectivity index (χ4n) is 4.78. The Hall–Kier alpha value is -2.16. The van der Waals surface area contributed by atoms with Crippen molar-refractivity contribution in [3.63, 3.8) is 0 Å². The molecule has 5 rings (SSSR count). The first-order chi connectivity index (χ1) is 15.6. The number of nitrogens with zero attached hydrogens (tertiary/aromatic N) is 5. The summed E-state index contributed by atoms with van der Waals surface area (Å²) in [5.41, 5.74) is 1.82. The van der Waals surface area contributed by atoms with Crippen LogP contribution in [-0.4, -0.2) is 78.1 Å². The molecule has 7 nitrogen and oxygen atoms in total. The Kier molecular flexibility index (Phi) is 6.35. The fourth-order valence-corrected chi connectivity index (χ4v) is 5.00. The van der Waals surface area contributed by atoms with Crippen LogP contribution in [0.5, 0.6) is 0 Å². The molecule has 0 spiro atoms. The Balaban J connectivity index is 1.61. The Morgan fingerprint density at radius 1 is 1.22 bits per heavy atom. The molecule has 2 aromatic rings. The minimum absolute atomic E-state index is 0.0595. The molecule has 3 aliphatic rings. The van der Waals surface area contributed by atoms with Crippen LogP contribution in [0.2, 0.25) is 5.02 Å². The first-order valence-electron chi connectivity index (χ1n) is 11.4. The maximum Gasteiger partial charge on any atom is 0.161 e. The van der Waals surface area contributed by atoms with E-state index in [2.05, 4.69) is 26.6 Å². The van der Waals surface area contributed by atoms with Gasteiger partial charge in [0.1, 0.15) is 29.8 Å². The summed E-state index contributed by atoms with van der Waals surface area (Å²) in [5, 5.41) is 5.09. The molecule has 3 aliphatic heterocycles. The zero-order valence-electron chi connectivity index (χ0n) is 18.4. The lowest BCUT2D eigenvalue weighted by molar-refractivity contribution is 0.159. The quantitative estimate of drug-likeness (QED) is 0.707. The maximum atomic E-state index is 12.8. The van der Waals surface area contributed by atoms with Gasteiger partial charge in [0, 0.05) is 57.4 Å². The smallest absolute Gasteiger partial charge is 0.161 e. The van der Waals surface area contributed by atoms with E-state index in [0.717, 1.165) is 80.4 Å². The molecule has 0 saturated carbocycles. The largest absolute Gasteiger partial charge is 0.381 e. The van der Waals surface area contributed by atoms with Gasteiger partial charge in [0.2, 0.25) is 0 Å². The van der Waals surface area contributed by atoms with E-state index in [1.54, 1.807) is 0 Å². The third kappa shape index (κ3) is 4.23.